The highest BCUT2D eigenvalue weighted by Crippen LogP contribution is 2.34. The zero-order chi connectivity index (χ0) is 19.9. The second kappa shape index (κ2) is 9.47. The van der Waals surface area contributed by atoms with Gasteiger partial charge in [0.25, 0.3) is 0 Å². The first kappa shape index (κ1) is 20.0. The Morgan fingerprint density at radius 2 is 1.43 bits per heavy atom. The molecule has 0 aliphatic heterocycles. The fourth-order valence-corrected chi connectivity index (χ4v) is 4.00. The van der Waals surface area contributed by atoms with Crippen LogP contribution in [0, 0.1) is 0 Å². The lowest BCUT2D eigenvalue weighted by molar-refractivity contribution is -0.138. The third-order valence-electron chi connectivity index (χ3n) is 4.98. The Hall–Kier alpha value is -2.72. The minimum atomic E-state index is -0.857. The number of carboxylic acid groups (broad SMARTS) is 1. The molecule has 0 amide bonds. The van der Waals surface area contributed by atoms with Crippen LogP contribution in [0.25, 0.3) is 0 Å². The number of anilines is 1. The molecule has 0 saturated carbocycles. The first-order valence-electron chi connectivity index (χ1n) is 9.45. The highest BCUT2D eigenvalue weighted by molar-refractivity contribution is 7.80. The van der Waals surface area contributed by atoms with Crippen molar-refractivity contribution >= 4 is 24.3 Å². The van der Waals surface area contributed by atoms with E-state index in [2.05, 4.69) is 73.3 Å². The maximum absolute atomic E-state index is 11.7. The zero-order valence-corrected chi connectivity index (χ0v) is 16.8. The van der Waals surface area contributed by atoms with Gasteiger partial charge >= 0.3 is 5.97 Å². The third-order valence-corrected chi connectivity index (χ3v) is 5.32. The molecular formula is C24H25NO2S. The molecule has 1 atom stereocenters. The van der Waals surface area contributed by atoms with Crippen molar-refractivity contribution in [1.29, 1.82) is 0 Å². The van der Waals surface area contributed by atoms with Crippen LogP contribution in [-0.4, -0.2) is 29.4 Å². The van der Waals surface area contributed by atoms with Gasteiger partial charge in [0.1, 0.15) is 6.04 Å². The van der Waals surface area contributed by atoms with Crippen molar-refractivity contribution in [3.8, 4) is 0 Å². The fourth-order valence-electron chi connectivity index (χ4n) is 3.64. The molecule has 3 aromatic carbocycles. The quantitative estimate of drug-likeness (QED) is 0.416. The van der Waals surface area contributed by atoms with E-state index in [-0.39, 0.29) is 11.7 Å². The molecule has 3 nitrogen and oxygen atoms in total. The van der Waals surface area contributed by atoms with Gasteiger partial charge < -0.3 is 10.0 Å². The minimum Gasteiger partial charge on any atom is -0.480 e. The van der Waals surface area contributed by atoms with Gasteiger partial charge in [-0.25, -0.2) is 4.79 Å². The molecule has 3 aromatic rings. The molecule has 0 saturated heterocycles. The molecule has 28 heavy (non-hydrogen) atoms. The van der Waals surface area contributed by atoms with Crippen LogP contribution in [0.15, 0.2) is 84.9 Å². The summed E-state index contributed by atoms with van der Waals surface area (Å²) in [6.45, 7) is 2.57. The maximum Gasteiger partial charge on any atom is 0.327 e. The van der Waals surface area contributed by atoms with Crippen LogP contribution in [0.5, 0.6) is 0 Å². The Morgan fingerprint density at radius 1 is 0.893 bits per heavy atom. The predicted octanol–water partition coefficient (Wildman–Crippen LogP) is 5.08. The van der Waals surface area contributed by atoms with Gasteiger partial charge in [-0.05, 0) is 35.7 Å². The van der Waals surface area contributed by atoms with Crippen LogP contribution in [0.1, 0.15) is 29.5 Å². The summed E-state index contributed by atoms with van der Waals surface area (Å²) in [5.74, 6) is -0.515. The van der Waals surface area contributed by atoms with Gasteiger partial charge in [0.2, 0.25) is 0 Å². The number of carboxylic acids is 1. The molecule has 0 aliphatic rings. The van der Waals surface area contributed by atoms with E-state index in [1.165, 1.54) is 11.1 Å². The number of rotatable bonds is 8. The Bertz CT molecular complexity index is 859. The van der Waals surface area contributed by atoms with Gasteiger partial charge in [0.15, 0.2) is 0 Å². The van der Waals surface area contributed by atoms with Crippen molar-refractivity contribution in [2.24, 2.45) is 0 Å². The summed E-state index contributed by atoms with van der Waals surface area (Å²) in [6.07, 6.45) is 0. The van der Waals surface area contributed by atoms with Gasteiger partial charge in [-0.1, -0.05) is 72.8 Å². The largest absolute Gasteiger partial charge is 0.480 e. The number of hydrogen-bond donors (Lipinski definition) is 2. The Balaban J connectivity index is 2.07. The molecular weight excluding hydrogens is 366 g/mol. The van der Waals surface area contributed by atoms with Gasteiger partial charge in [-0.2, -0.15) is 12.6 Å². The lowest BCUT2D eigenvalue weighted by atomic mass is 9.85. The Morgan fingerprint density at radius 3 is 1.89 bits per heavy atom. The zero-order valence-electron chi connectivity index (χ0n) is 15.9. The molecule has 0 fully saturated rings. The van der Waals surface area contributed by atoms with E-state index in [1.54, 1.807) is 0 Å². The predicted molar refractivity (Wildman–Crippen MR) is 119 cm³/mol. The van der Waals surface area contributed by atoms with Gasteiger partial charge in [0, 0.05) is 23.9 Å². The second-order valence-corrected chi connectivity index (χ2v) is 7.04. The van der Waals surface area contributed by atoms with E-state index >= 15 is 0 Å². The highest BCUT2D eigenvalue weighted by atomic mass is 32.1. The minimum absolute atomic E-state index is 0.0836. The number of aliphatic carboxylic acids is 1. The van der Waals surface area contributed by atoms with Crippen LogP contribution in [0.4, 0.5) is 5.69 Å². The van der Waals surface area contributed by atoms with Crippen LogP contribution in [0.3, 0.4) is 0 Å². The molecule has 0 spiro atoms. The van der Waals surface area contributed by atoms with Crippen molar-refractivity contribution < 1.29 is 9.90 Å². The molecule has 144 valence electrons. The molecule has 0 radical (unpaired) electrons. The lowest BCUT2D eigenvalue weighted by Gasteiger charge is -2.30. The molecule has 4 heteroatoms. The number of carbonyl (C=O) groups is 1. The summed E-state index contributed by atoms with van der Waals surface area (Å²) < 4.78 is 0. The van der Waals surface area contributed by atoms with Crippen LogP contribution >= 0.6 is 12.6 Å². The van der Waals surface area contributed by atoms with E-state index in [4.69, 9.17) is 0 Å². The van der Waals surface area contributed by atoms with E-state index in [0.29, 0.717) is 6.54 Å². The topological polar surface area (TPSA) is 40.5 Å². The van der Waals surface area contributed by atoms with E-state index in [1.807, 2.05) is 36.1 Å². The smallest absolute Gasteiger partial charge is 0.327 e. The number of hydrogen-bond acceptors (Lipinski definition) is 3. The molecule has 0 heterocycles. The Labute approximate surface area is 172 Å². The third kappa shape index (κ3) is 4.39. The van der Waals surface area contributed by atoms with Crippen molar-refractivity contribution in [1.82, 2.24) is 0 Å². The normalized spacial score (nSPS) is 12.0. The first-order valence-corrected chi connectivity index (χ1v) is 10.1. The van der Waals surface area contributed by atoms with Crippen molar-refractivity contribution in [3.05, 3.63) is 102 Å². The maximum atomic E-state index is 11.7. The summed E-state index contributed by atoms with van der Waals surface area (Å²) in [6, 6.07) is 28.3. The summed E-state index contributed by atoms with van der Waals surface area (Å²) in [5.41, 5.74) is 4.45. The van der Waals surface area contributed by atoms with Crippen molar-refractivity contribution in [2.45, 2.75) is 18.9 Å². The monoisotopic (exact) mass is 391 g/mol. The SMILES string of the molecule is CCN(c1cccc(C(c2ccccc2)c2ccccc2)c1)[C@@H](CS)C(=O)O. The first-order chi connectivity index (χ1) is 13.7. The van der Waals surface area contributed by atoms with Crippen LogP contribution in [-0.2, 0) is 4.79 Å². The molecule has 0 unspecified atom stereocenters. The average molecular weight is 392 g/mol. The lowest BCUT2D eigenvalue weighted by Crippen LogP contribution is -2.42. The standard InChI is InChI=1S/C24H25NO2S/c1-2-25(22(17-28)24(26)27)21-15-9-14-20(16-21)23(18-10-5-3-6-11-18)19-12-7-4-8-13-19/h3-16,22-23,28H,2,17H2,1H3,(H,26,27)/t22-/m0/s1. The van der Waals surface area contributed by atoms with E-state index in [9.17, 15) is 9.90 Å². The second-order valence-electron chi connectivity index (χ2n) is 6.67. The molecule has 1 N–H and O–H groups in total. The van der Waals surface area contributed by atoms with Crippen molar-refractivity contribution in [3.63, 3.8) is 0 Å². The number of thiol groups is 1. The molecule has 3 rings (SSSR count). The van der Waals surface area contributed by atoms with Gasteiger partial charge in [0.05, 0.1) is 0 Å². The number of likely N-dealkylation sites (N-methyl/N-ethyl adjacent to an activating group) is 1. The highest BCUT2D eigenvalue weighted by Gasteiger charge is 2.24. The summed E-state index contributed by atoms with van der Waals surface area (Å²) in [4.78, 5) is 13.6. The van der Waals surface area contributed by atoms with E-state index in [0.717, 1.165) is 11.3 Å². The summed E-state index contributed by atoms with van der Waals surface area (Å²) in [5, 5.41) is 9.58. The average Bonchev–Trinajstić information content (AvgIpc) is 2.73. The van der Waals surface area contributed by atoms with Crippen molar-refractivity contribution in [2.75, 3.05) is 17.2 Å². The summed E-state index contributed by atoms with van der Waals surface area (Å²) in [7, 11) is 0. The summed E-state index contributed by atoms with van der Waals surface area (Å²) >= 11 is 4.26. The van der Waals surface area contributed by atoms with Gasteiger partial charge in [-0.15, -0.1) is 0 Å². The fraction of sp³-hybridized carbons (Fsp3) is 0.208. The van der Waals surface area contributed by atoms with E-state index < -0.39 is 12.0 Å². The number of benzene rings is 3. The number of nitrogens with zero attached hydrogens (tertiary/aromatic N) is 1. The molecule has 0 aliphatic carbocycles. The van der Waals surface area contributed by atoms with Crippen LogP contribution in [0.2, 0.25) is 0 Å². The Kier molecular flexibility index (Phi) is 6.77. The molecule has 0 bridgehead atoms. The molecule has 0 aromatic heterocycles. The van der Waals surface area contributed by atoms with Crippen LogP contribution < -0.4 is 4.90 Å². The van der Waals surface area contributed by atoms with Gasteiger partial charge in [-0.3, -0.25) is 0 Å².